The lowest BCUT2D eigenvalue weighted by atomic mass is 10.1. The number of ether oxygens (including phenoxy) is 1. The molecule has 0 radical (unpaired) electrons. The summed E-state index contributed by atoms with van der Waals surface area (Å²) in [5.74, 6) is -1.30. The monoisotopic (exact) mass is 410 g/mol. The van der Waals surface area contributed by atoms with Crippen molar-refractivity contribution in [1.29, 1.82) is 0 Å². The Bertz CT molecular complexity index is 1210. The first-order valence-electron chi connectivity index (χ1n) is 9.02. The van der Waals surface area contributed by atoms with E-state index in [0.29, 0.717) is 11.4 Å². The molecule has 0 spiro atoms. The standard InChI is InChI=1S/C19H18N6O5/c1-11-8-12(2-3-13(11)25-5-4-23(19(25)29)9-14(26)27)24-6-7-30-17-15(18(24)28)16(20)21-10-22-17/h2-5,8,10H,6-7,9H2,1H3,(H,26,27)(H2,20,21,22). The second kappa shape index (κ2) is 7.35. The van der Waals surface area contributed by atoms with Crippen molar-refractivity contribution in [3.63, 3.8) is 0 Å². The molecule has 1 aliphatic rings. The molecule has 3 N–H and O–H groups in total. The molecule has 3 aromatic rings. The molecule has 11 nitrogen and oxygen atoms in total. The molecule has 0 saturated carbocycles. The molecule has 1 aliphatic heterocycles. The third-order valence-electron chi connectivity index (χ3n) is 4.76. The minimum Gasteiger partial charge on any atom is -0.480 e. The molecule has 3 heterocycles. The molecule has 1 aromatic carbocycles. The second-order valence-corrected chi connectivity index (χ2v) is 6.69. The van der Waals surface area contributed by atoms with Crippen LogP contribution in [0.1, 0.15) is 15.9 Å². The number of fused-ring (bicyclic) bond motifs is 1. The molecule has 1 amide bonds. The number of aromatic nitrogens is 4. The number of nitrogen functional groups attached to an aromatic ring is 1. The molecule has 0 bridgehead atoms. The van der Waals surface area contributed by atoms with Gasteiger partial charge in [-0.3, -0.25) is 18.7 Å². The Morgan fingerprint density at radius 1 is 1.27 bits per heavy atom. The number of aryl methyl sites for hydroxylation is 1. The maximum atomic E-state index is 13.1. The first-order valence-corrected chi connectivity index (χ1v) is 9.02. The molecule has 0 atom stereocenters. The number of carboxylic acid groups (broad SMARTS) is 1. The molecule has 11 heteroatoms. The number of benzene rings is 1. The van der Waals surface area contributed by atoms with E-state index in [0.717, 1.165) is 10.1 Å². The fourth-order valence-electron chi connectivity index (χ4n) is 3.35. The van der Waals surface area contributed by atoms with E-state index < -0.39 is 18.2 Å². The summed E-state index contributed by atoms with van der Waals surface area (Å²) < 4.78 is 8.00. The van der Waals surface area contributed by atoms with Crippen molar-refractivity contribution < 1.29 is 19.4 Å². The van der Waals surface area contributed by atoms with Crippen LogP contribution >= 0.6 is 0 Å². The van der Waals surface area contributed by atoms with Crippen molar-refractivity contribution in [3.05, 3.63) is 58.5 Å². The lowest BCUT2D eigenvalue weighted by Crippen LogP contribution is -2.33. The van der Waals surface area contributed by atoms with Gasteiger partial charge in [-0.2, -0.15) is 0 Å². The maximum Gasteiger partial charge on any atom is 0.333 e. The molecule has 0 aliphatic carbocycles. The average Bonchev–Trinajstić information content (AvgIpc) is 2.94. The van der Waals surface area contributed by atoms with E-state index in [1.807, 2.05) is 0 Å². The van der Waals surface area contributed by atoms with Crippen LogP contribution in [-0.2, 0) is 11.3 Å². The van der Waals surface area contributed by atoms with Crippen LogP contribution in [-0.4, -0.2) is 49.2 Å². The summed E-state index contributed by atoms with van der Waals surface area (Å²) in [6, 6.07) is 5.16. The summed E-state index contributed by atoms with van der Waals surface area (Å²) in [6.07, 6.45) is 4.16. The Morgan fingerprint density at radius 3 is 2.80 bits per heavy atom. The Kier molecular flexibility index (Phi) is 4.70. The molecule has 30 heavy (non-hydrogen) atoms. The van der Waals surface area contributed by atoms with Crippen LogP contribution in [0.3, 0.4) is 0 Å². The highest BCUT2D eigenvalue weighted by Gasteiger charge is 2.29. The summed E-state index contributed by atoms with van der Waals surface area (Å²) in [5, 5.41) is 8.91. The summed E-state index contributed by atoms with van der Waals surface area (Å²) in [6.45, 7) is 1.88. The van der Waals surface area contributed by atoms with Crippen molar-refractivity contribution in [2.75, 3.05) is 23.8 Å². The molecule has 0 unspecified atom stereocenters. The minimum absolute atomic E-state index is 0.0385. The van der Waals surface area contributed by atoms with Gasteiger partial charge in [-0.1, -0.05) is 0 Å². The van der Waals surface area contributed by atoms with E-state index >= 15 is 0 Å². The van der Waals surface area contributed by atoms with Gasteiger partial charge in [-0.25, -0.2) is 14.8 Å². The highest BCUT2D eigenvalue weighted by Crippen LogP contribution is 2.29. The topological polar surface area (TPSA) is 146 Å². The van der Waals surface area contributed by atoms with Crippen LogP contribution in [0.2, 0.25) is 0 Å². The number of hydrogen-bond acceptors (Lipinski definition) is 7. The van der Waals surface area contributed by atoms with Gasteiger partial charge in [0.15, 0.2) is 0 Å². The van der Waals surface area contributed by atoms with E-state index in [-0.39, 0.29) is 36.3 Å². The number of nitrogens with two attached hydrogens (primary N) is 1. The van der Waals surface area contributed by atoms with Crippen molar-refractivity contribution in [2.24, 2.45) is 0 Å². The first-order chi connectivity index (χ1) is 14.4. The van der Waals surface area contributed by atoms with Crippen molar-refractivity contribution in [2.45, 2.75) is 13.5 Å². The zero-order chi connectivity index (χ0) is 21.4. The number of imidazole rings is 1. The van der Waals surface area contributed by atoms with Crippen molar-refractivity contribution in [3.8, 4) is 11.6 Å². The van der Waals surface area contributed by atoms with E-state index in [9.17, 15) is 14.4 Å². The number of nitrogens with zero attached hydrogens (tertiary/aromatic N) is 5. The number of amides is 1. The number of carboxylic acids is 1. The second-order valence-electron chi connectivity index (χ2n) is 6.69. The van der Waals surface area contributed by atoms with E-state index in [1.165, 1.54) is 28.2 Å². The highest BCUT2D eigenvalue weighted by molar-refractivity contribution is 6.10. The van der Waals surface area contributed by atoms with Crippen LogP contribution < -0.4 is 21.1 Å². The third-order valence-corrected chi connectivity index (χ3v) is 4.76. The number of rotatable bonds is 4. The number of hydrogen-bond donors (Lipinski definition) is 2. The lowest BCUT2D eigenvalue weighted by Gasteiger charge is -2.21. The van der Waals surface area contributed by atoms with Gasteiger partial charge in [0.1, 0.15) is 30.9 Å². The Balaban J connectivity index is 1.70. The fraction of sp³-hybridized carbons (Fsp3) is 0.211. The average molecular weight is 410 g/mol. The van der Waals surface area contributed by atoms with Crippen LogP contribution in [0.4, 0.5) is 11.5 Å². The number of carbonyl (C=O) groups excluding carboxylic acids is 1. The van der Waals surface area contributed by atoms with Gasteiger partial charge in [-0.05, 0) is 30.7 Å². The van der Waals surface area contributed by atoms with Crippen LogP contribution in [0.5, 0.6) is 5.88 Å². The summed E-state index contributed by atoms with van der Waals surface area (Å²) in [4.78, 5) is 45.8. The van der Waals surface area contributed by atoms with Gasteiger partial charge in [0.25, 0.3) is 5.91 Å². The highest BCUT2D eigenvalue weighted by atomic mass is 16.5. The molecule has 0 fully saturated rings. The van der Waals surface area contributed by atoms with Gasteiger partial charge in [0, 0.05) is 18.1 Å². The van der Waals surface area contributed by atoms with Crippen LogP contribution in [0.15, 0.2) is 41.7 Å². The third kappa shape index (κ3) is 3.26. The molecule has 2 aromatic heterocycles. The zero-order valence-electron chi connectivity index (χ0n) is 16.0. The zero-order valence-corrected chi connectivity index (χ0v) is 16.0. The predicted octanol–water partition coefficient (Wildman–Crippen LogP) is 0.443. The molecule has 4 rings (SSSR count). The molecular weight excluding hydrogens is 392 g/mol. The number of aliphatic carboxylic acids is 1. The van der Waals surface area contributed by atoms with E-state index in [2.05, 4.69) is 9.97 Å². The largest absolute Gasteiger partial charge is 0.480 e. The Morgan fingerprint density at radius 2 is 2.07 bits per heavy atom. The van der Waals surface area contributed by atoms with Gasteiger partial charge in [-0.15, -0.1) is 0 Å². The number of carbonyl (C=O) groups is 2. The summed E-state index contributed by atoms with van der Waals surface area (Å²) in [7, 11) is 0. The first kappa shape index (κ1) is 19.2. The van der Waals surface area contributed by atoms with Gasteiger partial charge >= 0.3 is 11.7 Å². The van der Waals surface area contributed by atoms with Crippen molar-refractivity contribution >= 4 is 23.4 Å². The Hall–Kier alpha value is -4.15. The van der Waals surface area contributed by atoms with Gasteiger partial charge in [0.05, 0.1) is 12.2 Å². The Labute approximate surface area is 170 Å². The number of anilines is 2. The fourth-order valence-corrected chi connectivity index (χ4v) is 3.35. The predicted molar refractivity (Wildman–Crippen MR) is 106 cm³/mol. The molecular formula is C19H18N6O5. The smallest absolute Gasteiger partial charge is 0.333 e. The van der Waals surface area contributed by atoms with E-state index in [4.69, 9.17) is 15.6 Å². The maximum absolute atomic E-state index is 13.1. The normalized spacial score (nSPS) is 13.5. The van der Waals surface area contributed by atoms with Crippen molar-refractivity contribution in [1.82, 2.24) is 19.1 Å². The lowest BCUT2D eigenvalue weighted by molar-refractivity contribution is -0.137. The summed E-state index contributed by atoms with van der Waals surface area (Å²) >= 11 is 0. The minimum atomic E-state index is -1.10. The quantitative estimate of drug-likeness (QED) is 0.630. The van der Waals surface area contributed by atoms with Gasteiger partial charge in [0.2, 0.25) is 5.88 Å². The summed E-state index contributed by atoms with van der Waals surface area (Å²) in [5.41, 5.74) is 7.40. The molecule has 154 valence electrons. The van der Waals surface area contributed by atoms with E-state index in [1.54, 1.807) is 25.1 Å². The van der Waals surface area contributed by atoms with Crippen LogP contribution in [0.25, 0.3) is 5.69 Å². The SMILES string of the molecule is Cc1cc(N2CCOc3ncnc(N)c3C2=O)ccc1-n1ccn(CC(=O)O)c1=O. The van der Waals surface area contributed by atoms with Gasteiger partial charge < -0.3 is 20.5 Å². The van der Waals surface area contributed by atoms with Crippen LogP contribution in [0, 0.1) is 6.92 Å². The molecule has 0 saturated heterocycles.